The van der Waals surface area contributed by atoms with Crippen LogP contribution in [0.1, 0.15) is 78.6 Å². The van der Waals surface area contributed by atoms with E-state index in [1.165, 1.54) is 53.7 Å². The van der Waals surface area contributed by atoms with Crippen LogP contribution in [0.5, 0.6) is 0 Å². The predicted octanol–water partition coefficient (Wildman–Crippen LogP) is 5.72. The summed E-state index contributed by atoms with van der Waals surface area (Å²) in [6.07, 6.45) is 11.8. The van der Waals surface area contributed by atoms with E-state index in [1.54, 1.807) is 6.20 Å². The van der Waals surface area contributed by atoms with Gasteiger partial charge in [0.15, 0.2) is 0 Å². The summed E-state index contributed by atoms with van der Waals surface area (Å²) in [5.74, 6) is 0.293. The summed E-state index contributed by atoms with van der Waals surface area (Å²) in [6.45, 7) is 5.44. The molecule has 2 N–H and O–H groups in total. The fourth-order valence-electron chi connectivity index (χ4n) is 3.45. The first-order chi connectivity index (χ1) is 14.8. The number of ether oxygens (including phenoxy) is 1. The predicted molar refractivity (Wildman–Crippen MR) is 129 cm³/mol. The van der Waals surface area contributed by atoms with E-state index >= 15 is 0 Å². The van der Waals surface area contributed by atoms with Crippen molar-refractivity contribution < 1.29 is 14.3 Å². The van der Waals surface area contributed by atoms with E-state index in [9.17, 15) is 9.59 Å². The van der Waals surface area contributed by atoms with E-state index in [2.05, 4.69) is 15.6 Å². The number of amides is 2. The Morgan fingerprint density at radius 3 is 2.32 bits per heavy atom. The average molecular weight is 468 g/mol. The van der Waals surface area contributed by atoms with Gasteiger partial charge in [0.2, 0.25) is 5.91 Å². The molecule has 1 aliphatic carbocycles. The molecule has 2 rings (SSSR count). The molecule has 0 aromatic carbocycles. The molecule has 1 saturated carbocycles. The Bertz CT molecular complexity index is 658. The lowest BCUT2D eigenvalue weighted by atomic mass is 9.97. The molecule has 1 aromatic heterocycles. The zero-order valence-electron chi connectivity index (χ0n) is 19.0. The van der Waals surface area contributed by atoms with E-state index < -0.39 is 17.7 Å². The van der Waals surface area contributed by atoms with Gasteiger partial charge in [-0.25, -0.2) is 9.78 Å². The van der Waals surface area contributed by atoms with Gasteiger partial charge in [0, 0.05) is 18.0 Å². The van der Waals surface area contributed by atoms with Gasteiger partial charge in [0.25, 0.3) is 0 Å². The first kappa shape index (κ1) is 25.8. The van der Waals surface area contributed by atoms with Crippen LogP contribution in [0.25, 0.3) is 0 Å². The number of carbonyl (C=O) groups is 2. The maximum Gasteiger partial charge on any atom is 0.408 e. The Balaban J connectivity index is 1.94. The van der Waals surface area contributed by atoms with Gasteiger partial charge in [0.05, 0.1) is 0 Å². The van der Waals surface area contributed by atoms with Crippen LogP contribution >= 0.6 is 21.6 Å². The Morgan fingerprint density at radius 2 is 1.74 bits per heavy atom. The van der Waals surface area contributed by atoms with E-state index in [0.717, 1.165) is 30.7 Å². The van der Waals surface area contributed by atoms with Crippen molar-refractivity contribution in [2.24, 2.45) is 0 Å². The minimum atomic E-state index is -0.661. The minimum absolute atomic E-state index is 0.137. The van der Waals surface area contributed by atoms with E-state index in [1.807, 2.05) is 39.0 Å². The Labute approximate surface area is 194 Å². The highest BCUT2D eigenvalue weighted by Crippen LogP contribution is 2.29. The minimum Gasteiger partial charge on any atom is -0.444 e. The fraction of sp³-hybridized carbons (Fsp3) is 0.696. The highest BCUT2D eigenvalue weighted by atomic mass is 33.1. The molecule has 0 radical (unpaired) electrons. The number of aromatic nitrogens is 1. The zero-order chi connectivity index (χ0) is 22.5. The quantitative estimate of drug-likeness (QED) is 0.499. The fourth-order valence-corrected chi connectivity index (χ4v) is 5.52. The van der Waals surface area contributed by atoms with Gasteiger partial charge in [-0.15, -0.1) is 0 Å². The van der Waals surface area contributed by atoms with Crippen LogP contribution in [0, 0.1) is 0 Å². The maximum absolute atomic E-state index is 13.1. The molecule has 8 heteroatoms. The van der Waals surface area contributed by atoms with Gasteiger partial charge in [-0.05, 0) is 56.5 Å². The van der Waals surface area contributed by atoms with Gasteiger partial charge in [-0.3, -0.25) is 4.79 Å². The molecule has 1 heterocycles. The molecule has 1 atom stereocenters. The highest BCUT2D eigenvalue weighted by Gasteiger charge is 2.26. The molecule has 31 heavy (non-hydrogen) atoms. The summed E-state index contributed by atoms with van der Waals surface area (Å²) in [4.78, 5) is 29.7. The first-order valence-electron chi connectivity index (χ1n) is 11.3. The Hall–Kier alpha value is -1.41. The molecule has 1 unspecified atom stereocenters. The molecule has 0 spiro atoms. The van der Waals surface area contributed by atoms with Crippen molar-refractivity contribution >= 4 is 33.6 Å². The van der Waals surface area contributed by atoms with E-state index in [-0.39, 0.29) is 11.9 Å². The summed E-state index contributed by atoms with van der Waals surface area (Å²) in [5.41, 5.74) is -0.614. The van der Waals surface area contributed by atoms with Gasteiger partial charge >= 0.3 is 6.09 Å². The van der Waals surface area contributed by atoms with Crippen molar-refractivity contribution in [3.63, 3.8) is 0 Å². The smallest absolute Gasteiger partial charge is 0.408 e. The second-order valence-corrected chi connectivity index (χ2v) is 11.4. The number of pyridine rings is 1. The van der Waals surface area contributed by atoms with Crippen LogP contribution in [0.15, 0.2) is 29.4 Å². The number of hydrogen-bond acceptors (Lipinski definition) is 6. The van der Waals surface area contributed by atoms with Crippen LogP contribution in [-0.2, 0) is 9.53 Å². The third kappa shape index (κ3) is 11.7. The molecular formula is C23H37N3O3S2. The third-order valence-electron chi connectivity index (χ3n) is 4.98. The van der Waals surface area contributed by atoms with Crippen LogP contribution in [0.3, 0.4) is 0 Å². The molecule has 0 saturated heterocycles. The maximum atomic E-state index is 13.1. The van der Waals surface area contributed by atoms with Crippen LogP contribution in [0.2, 0.25) is 0 Å². The van der Waals surface area contributed by atoms with Crippen molar-refractivity contribution in [1.82, 2.24) is 15.6 Å². The van der Waals surface area contributed by atoms with Crippen LogP contribution in [0.4, 0.5) is 4.79 Å². The molecular weight excluding hydrogens is 430 g/mol. The summed E-state index contributed by atoms with van der Waals surface area (Å²) >= 11 is 0. The monoisotopic (exact) mass is 467 g/mol. The van der Waals surface area contributed by atoms with Gasteiger partial charge in [-0.1, -0.05) is 61.8 Å². The molecule has 2 amide bonds. The molecule has 0 bridgehead atoms. The summed E-state index contributed by atoms with van der Waals surface area (Å²) in [6, 6.07) is 5.23. The molecule has 6 nitrogen and oxygen atoms in total. The molecule has 1 fully saturated rings. The third-order valence-corrected chi connectivity index (χ3v) is 7.25. The van der Waals surface area contributed by atoms with Gasteiger partial charge < -0.3 is 15.4 Å². The normalized spacial score (nSPS) is 17.4. The summed E-state index contributed by atoms with van der Waals surface area (Å²) in [5, 5.41) is 6.85. The van der Waals surface area contributed by atoms with E-state index in [4.69, 9.17) is 4.74 Å². The number of hydrogen-bond donors (Lipinski definition) is 2. The van der Waals surface area contributed by atoms with Crippen molar-refractivity contribution in [2.75, 3.05) is 5.75 Å². The SMILES string of the molecule is CC(C)(C)OC(=O)NC(CSSc1ccccn1)C(=O)NC1CCCCCCCCC1. The number of alkyl carbamates (subject to hydrolysis) is 1. The topological polar surface area (TPSA) is 80.3 Å². The Morgan fingerprint density at radius 1 is 1.10 bits per heavy atom. The number of rotatable bonds is 7. The second kappa shape index (κ2) is 13.9. The van der Waals surface area contributed by atoms with Crippen LogP contribution in [-0.4, -0.2) is 40.4 Å². The highest BCUT2D eigenvalue weighted by molar-refractivity contribution is 8.76. The van der Waals surface area contributed by atoms with Crippen molar-refractivity contribution in [3.8, 4) is 0 Å². The van der Waals surface area contributed by atoms with E-state index in [0.29, 0.717) is 5.75 Å². The largest absolute Gasteiger partial charge is 0.444 e. The van der Waals surface area contributed by atoms with Crippen LogP contribution < -0.4 is 10.6 Å². The number of nitrogens with zero attached hydrogens (tertiary/aromatic N) is 1. The van der Waals surface area contributed by atoms with Gasteiger partial charge in [-0.2, -0.15) is 0 Å². The first-order valence-corrected chi connectivity index (χ1v) is 13.7. The second-order valence-electron chi connectivity index (χ2n) is 8.99. The molecule has 1 aliphatic rings. The standard InChI is InChI=1S/C23H37N3O3S2/c1-23(2,3)29-22(28)26-19(17-30-31-20-15-11-12-16-24-20)21(27)25-18-13-9-7-5-4-6-8-10-14-18/h11-12,15-16,18-19H,4-10,13-14,17H2,1-3H3,(H,25,27)(H,26,28). The lowest BCUT2D eigenvalue weighted by Crippen LogP contribution is -2.51. The molecule has 0 aliphatic heterocycles. The van der Waals surface area contributed by atoms with Crippen molar-refractivity contribution in [1.29, 1.82) is 0 Å². The average Bonchev–Trinajstić information content (AvgIpc) is 2.71. The lowest BCUT2D eigenvalue weighted by molar-refractivity contribution is -0.123. The Kier molecular flexibility index (Phi) is 11.6. The van der Waals surface area contributed by atoms with Crippen molar-refractivity contribution in [3.05, 3.63) is 24.4 Å². The lowest BCUT2D eigenvalue weighted by Gasteiger charge is -2.25. The summed E-state index contributed by atoms with van der Waals surface area (Å²) < 4.78 is 5.38. The van der Waals surface area contributed by atoms with Gasteiger partial charge in [0.1, 0.15) is 16.7 Å². The van der Waals surface area contributed by atoms with Crippen molar-refractivity contribution in [2.45, 2.75) is 101 Å². The zero-order valence-corrected chi connectivity index (χ0v) is 20.7. The molecule has 1 aromatic rings. The molecule has 174 valence electrons. The summed E-state index contributed by atoms with van der Waals surface area (Å²) in [7, 11) is 3.00. The number of nitrogens with one attached hydrogen (secondary N) is 2. The number of carbonyl (C=O) groups excluding carboxylic acids is 2.